The summed E-state index contributed by atoms with van der Waals surface area (Å²) in [6.07, 6.45) is 2.43. The number of aliphatic hydroxyl groups excluding tert-OH is 1. The van der Waals surface area contributed by atoms with Crippen molar-refractivity contribution in [1.82, 2.24) is 5.43 Å². The molecule has 3 aromatic rings. The summed E-state index contributed by atoms with van der Waals surface area (Å²) in [5.41, 5.74) is 4.45. The molecule has 1 heterocycles. The van der Waals surface area contributed by atoms with E-state index in [9.17, 15) is 14.0 Å². The van der Waals surface area contributed by atoms with E-state index >= 15 is 0 Å². The van der Waals surface area contributed by atoms with Crippen LogP contribution in [0.25, 0.3) is 10.1 Å². The summed E-state index contributed by atoms with van der Waals surface area (Å²) in [4.78, 5) is 25.0. The highest BCUT2D eigenvalue weighted by atomic mass is 32.1. The quantitative estimate of drug-likeness (QED) is 0.193. The van der Waals surface area contributed by atoms with Gasteiger partial charge in [0.15, 0.2) is 17.3 Å². The number of hydrogen-bond donors (Lipinski definition) is 2. The van der Waals surface area contributed by atoms with Gasteiger partial charge in [-0.25, -0.2) is 9.82 Å². The molecular formula is C26H29FN2O5S. The minimum absolute atomic E-state index is 0.00175. The second-order valence-electron chi connectivity index (χ2n) is 7.82. The van der Waals surface area contributed by atoms with Crippen LogP contribution in [0, 0.1) is 5.82 Å². The molecule has 7 nitrogen and oxygen atoms in total. The number of aliphatic hydroxyl groups is 1. The minimum Gasteiger partial charge on any atom is -0.493 e. The zero-order chi connectivity index (χ0) is 25.2. The van der Waals surface area contributed by atoms with Crippen molar-refractivity contribution in [3.8, 4) is 11.5 Å². The number of hydrazone groups is 1. The molecule has 2 aromatic carbocycles. The molecule has 0 aliphatic heterocycles. The van der Waals surface area contributed by atoms with Crippen LogP contribution in [0.2, 0.25) is 0 Å². The van der Waals surface area contributed by atoms with Gasteiger partial charge < -0.3 is 14.6 Å². The fraction of sp³-hybridized carbons (Fsp3) is 0.346. The van der Waals surface area contributed by atoms with Crippen molar-refractivity contribution in [2.75, 3.05) is 20.3 Å². The molecule has 0 bridgehead atoms. The molecule has 0 aliphatic carbocycles. The van der Waals surface area contributed by atoms with E-state index < -0.39 is 0 Å². The number of ketones is 1. The van der Waals surface area contributed by atoms with Gasteiger partial charge in [0.05, 0.1) is 24.1 Å². The molecule has 0 spiro atoms. The first kappa shape index (κ1) is 26.3. The first-order chi connectivity index (χ1) is 17.0. The number of hydrogen-bond acceptors (Lipinski definition) is 7. The number of benzene rings is 2. The number of ether oxygens (including phenoxy) is 2. The molecule has 9 heteroatoms. The third kappa shape index (κ3) is 6.86. The molecule has 0 saturated heterocycles. The molecule has 0 fully saturated rings. The Morgan fingerprint density at radius 2 is 1.97 bits per heavy atom. The van der Waals surface area contributed by atoms with Crippen LogP contribution < -0.4 is 14.9 Å². The van der Waals surface area contributed by atoms with Gasteiger partial charge in [0, 0.05) is 34.7 Å². The predicted molar refractivity (Wildman–Crippen MR) is 135 cm³/mol. The van der Waals surface area contributed by atoms with Crippen LogP contribution in [0.4, 0.5) is 4.39 Å². The maximum absolute atomic E-state index is 14.1. The summed E-state index contributed by atoms with van der Waals surface area (Å²) in [6.45, 7) is 2.04. The zero-order valence-corrected chi connectivity index (χ0v) is 20.6. The first-order valence-corrected chi connectivity index (χ1v) is 12.3. The van der Waals surface area contributed by atoms with Gasteiger partial charge in [-0.2, -0.15) is 5.10 Å². The van der Waals surface area contributed by atoms with E-state index in [1.54, 1.807) is 24.3 Å². The van der Waals surface area contributed by atoms with E-state index in [2.05, 4.69) is 17.5 Å². The fourth-order valence-corrected chi connectivity index (χ4v) is 4.50. The van der Waals surface area contributed by atoms with Crippen molar-refractivity contribution in [1.29, 1.82) is 0 Å². The van der Waals surface area contributed by atoms with Gasteiger partial charge in [-0.3, -0.25) is 9.59 Å². The SMILES string of the molecule is CCCC/C(=N/NC(=O)CCC(=O)c1ccc(OCCO)c(OC)c1)c1csc2c(F)cccc12. The smallest absolute Gasteiger partial charge is 0.240 e. The number of methoxy groups -OCH3 is 1. The number of fused-ring (bicyclic) bond motifs is 1. The molecule has 1 aromatic heterocycles. The molecule has 0 saturated carbocycles. The highest BCUT2D eigenvalue weighted by molar-refractivity contribution is 7.17. The molecule has 1 amide bonds. The average Bonchev–Trinajstić information content (AvgIpc) is 3.31. The van der Waals surface area contributed by atoms with Gasteiger partial charge in [-0.1, -0.05) is 25.5 Å². The van der Waals surface area contributed by atoms with Crippen molar-refractivity contribution in [2.24, 2.45) is 5.10 Å². The van der Waals surface area contributed by atoms with Gasteiger partial charge in [-0.05, 0) is 37.1 Å². The summed E-state index contributed by atoms with van der Waals surface area (Å²) >= 11 is 1.31. The second-order valence-corrected chi connectivity index (χ2v) is 8.70. The Kier molecular flexibility index (Phi) is 9.75. The van der Waals surface area contributed by atoms with E-state index in [0.29, 0.717) is 33.9 Å². The van der Waals surface area contributed by atoms with Crippen molar-refractivity contribution in [3.05, 3.63) is 58.7 Å². The van der Waals surface area contributed by atoms with Gasteiger partial charge in [0.1, 0.15) is 12.4 Å². The number of thiophene rings is 1. The Balaban J connectivity index is 1.65. The molecule has 2 N–H and O–H groups in total. The molecule has 0 unspecified atom stereocenters. The maximum atomic E-state index is 14.1. The number of nitrogens with one attached hydrogen (secondary N) is 1. The van der Waals surface area contributed by atoms with E-state index in [0.717, 1.165) is 23.8 Å². The van der Waals surface area contributed by atoms with E-state index in [1.807, 2.05) is 11.4 Å². The lowest BCUT2D eigenvalue weighted by atomic mass is 10.0. The van der Waals surface area contributed by atoms with Crippen molar-refractivity contribution in [2.45, 2.75) is 39.0 Å². The molecule has 0 aliphatic rings. The highest BCUT2D eigenvalue weighted by Gasteiger charge is 2.15. The van der Waals surface area contributed by atoms with Crippen molar-refractivity contribution < 1.29 is 28.6 Å². The number of carbonyl (C=O) groups excluding carboxylic acids is 2. The number of Topliss-reactive ketones (excluding diaryl/α,β-unsaturated/α-hetero) is 1. The molecule has 3 rings (SSSR count). The number of halogens is 1. The number of carbonyl (C=O) groups is 2. The van der Waals surface area contributed by atoms with Crippen LogP contribution in [0.1, 0.15) is 54.9 Å². The monoisotopic (exact) mass is 500 g/mol. The summed E-state index contributed by atoms with van der Waals surface area (Å²) in [5, 5.41) is 15.9. The lowest BCUT2D eigenvalue weighted by Crippen LogP contribution is -2.21. The maximum Gasteiger partial charge on any atom is 0.240 e. The molecule has 0 radical (unpaired) electrons. The fourth-order valence-electron chi connectivity index (χ4n) is 3.51. The van der Waals surface area contributed by atoms with Crippen LogP contribution in [0.15, 0.2) is 46.9 Å². The number of nitrogens with zero attached hydrogens (tertiary/aromatic N) is 1. The summed E-state index contributed by atoms with van der Waals surface area (Å²) in [6, 6.07) is 9.68. The second kappa shape index (κ2) is 13.0. The van der Waals surface area contributed by atoms with Crippen LogP contribution in [0.5, 0.6) is 11.5 Å². The third-order valence-electron chi connectivity index (χ3n) is 5.36. The van der Waals surface area contributed by atoms with Crippen LogP contribution in [0.3, 0.4) is 0 Å². The Hall–Kier alpha value is -3.30. The van der Waals surface area contributed by atoms with Crippen LogP contribution >= 0.6 is 11.3 Å². The summed E-state index contributed by atoms with van der Waals surface area (Å²) in [7, 11) is 1.46. The Labute approximate surface area is 207 Å². The first-order valence-electron chi connectivity index (χ1n) is 11.4. The van der Waals surface area contributed by atoms with Crippen molar-refractivity contribution >= 4 is 38.8 Å². The standard InChI is InChI=1S/C26H29FN2O5S/c1-3-4-8-21(19-16-35-26-18(19)6-5-7-20(26)27)28-29-25(32)12-10-22(31)17-9-11-23(34-14-13-30)24(15-17)33-2/h5-7,9,11,15-16,30H,3-4,8,10,12-14H2,1-2H3,(H,29,32)/b28-21-. The van der Waals surface area contributed by atoms with E-state index in [-0.39, 0.29) is 43.6 Å². The third-order valence-corrected chi connectivity index (χ3v) is 6.36. The summed E-state index contributed by atoms with van der Waals surface area (Å²) < 4.78 is 25.3. The Bertz CT molecular complexity index is 1210. The van der Waals surface area contributed by atoms with Gasteiger partial charge in [-0.15, -0.1) is 11.3 Å². The predicted octanol–water partition coefficient (Wildman–Crippen LogP) is 5.09. The minimum atomic E-state index is -0.382. The van der Waals surface area contributed by atoms with E-state index in [4.69, 9.17) is 14.6 Å². The Morgan fingerprint density at radius 1 is 1.14 bits per heavy atom. The van der Waals surface area contributed by atoms with Gasteiger partial charge >= 0.3 is 0 Å². The van der Waals surface area contributed by atoms with Crippen LogP contribution in [-0.4, -0.2) is 42.8 Å². The molecule has 35 heavy (non-hydrogen) atoms. The lowest BCUT2D eigenvalue weighted by molar-refractivity contribution is -0.121. The zero-order valence-electron chi connectivity index (χ0n) is 19.8. The van der Waals surface area contributed by atoms with Gasteiger partial charge in [0.25, 0.3) is 0 Å². The normalized spacial score (nSPS) is 11.5. The van der Waals surface area contributed by atoms with Crippen molar-refractivity contribution in [3.63, 3.8) is 0 Å². The average molecular weight is 501 g/mol. The molecule has 186 valence electrons. The summed E-state index contributed by atoms with van der Waals surface area (Å²) in [5.74, 6) is -0.0840. The van der Waals surface area contributed by atoms with E-state index in [1.165, 1.54) is 24.5 Å². The molecule has 0 atom stereocenters. The highest BCUT2D eigenvalue weighted by Crippen LogP contribution is 2.30. The lowest BCUT2D eigenvalue weighted by Gasteiger charge is -2.11. The number of unbranched alkanes of at least 4 members (excludes halogenated alkanes) is 1. The number of amides is 1. The Morgan fingerprint density at radius 3 is 2.71 bits per heavy atom. The largest absolute Gasteiger partial charge is 0.493 e. The van der Waals surface area contributed by atoms with Crippen LogP contribution in [-0.2, 0) is 4.79 Å². The topological polar surface area (TPSA) is 97.2 Å². The molecular weight excluding hydrogens is 471 g/mol. The van der Waals surface area contributed by atoms with Gasteiger partial charge in [0.2, 0.25) is 5.91 Å². The number of rotatable bonds is 13.